The van der Waals surface area contributed by atoms with Gasteiger partial charge in [-0.2, -0.15) is 0 Å². The molecule has 0 radical (unpaired) electrons. The van der Waals surface area contributed by atoms with E-state index in [0.717, 1.165) is 6.54 Å². The molecule has 1 heterocycles. The van der Waals surface area contributed by atoms with Crippen molar-refractivity contribution in [2.45, 2.75) is 25.3 Å². The minimum Gasteiger partial charge on any atom is -0.299 e. The number of likely N-dealkylation sites (tertiary alicyclic amines) is 1. The molecule has 0 unspecified atom stereocenters. The second-order valence-electron chi connectivity index (χ2n) is 4.12. The van der Waals surface area contributed by atoms with E-state index in [1.54, 1.807) is 0 Å². The Morgan fingerprint density at radius 3 is 2.19 bits per heavy atom. The van der Waals surface area contributed by atoms with E-state index in [1.165, 1.54) is 5.56 Å². The van der Waals surface area contributed by atoms with E-state index < -0.39 is 5.92 Å². The fourth-order valence-corrected chi connectivity index (χ4v) is 1.88. The van der Waals surface area contributed by atoms with Crippen LogP contribution in [0.3, 0.4) is 0 Å². The molecular weight excluding hydrogens is 232 g/mol. The van der Waals surface area contributed by atoms with Crippen LogP contribution in [0.1, 0.15) is 18.4 Å². The van der Waals surface area contributed by atoms with Crippen LogP contribution in [0.5, 0.6) is 0 Å². The van der Waals surface area contributed by atoms with Crippen LogP contribution in [0.25, 0.3) is 0 Å². The van der Waals surface area contributed by atoms with Crippen LogP contribution in [0.2, 0.25) is 0 Å². The van der Waals surface area contributed by atoms with Crippen molar-refractivity contribution in [1.29, 1.82) is 0 Å². The van der Waals surface area contributed by atoms with E-state index in [9.17, 15) is 8.78 Å². The molecule has 1 aliphatic heterocycles. The summed E-state index contributed by atoms with van der Waals surface area (Å²) in [6.07, 6.45) is -0.000330. The Morgan fingerprint density at radius 2 is 1.62 bits per heavy atom. The van der Waals surface area contributed by atoms with Gasteiger partial charge in [-0.15, -0.1) is 12.4 Å². The molecule has 1 saturated heterocycles. The molecule has 4 heteroatoms. The highest BCUT2D eigenvalue weighted by atomic mass is 35.5. The summed E-state index contributed by atoms with van der Waals surface area (Å²) in [6, 6.07) is 10.00. The maximum absolute atomic E-state index is 12.9. The van der Waals surface area contributed by atoms with Gasteiger partial charge in [0.1, 0.15) is 0 Å². The maximum atomic E-state index is 12.9. The zero-order valence-electron chi connectivity index (χ0n) is 9.03. The molecule has 0 aromatic heterocycles. The van der Waals surface area contributed by atoms with Crippen molar-refractivity contribution in [3.8, 4) is 0 Å². The van der Waals surface area contributed by atoms with Gasteiger partial charge in [0, 0.05) is 32.5 Å². The number of hydrogen-bond donors (Lipinski definition) is 0. The highest BCUT2D eigenvalue weighted by molar-refractivity contribution is 5.85. The number of piperidine rings is 1. The number of benzene rings is 1. The van der Waals surface area contributed by atoms with Crippen LogP contribution in [0.4, 0.5) is 8.78 Å². The Bertz CT molecular complexity index is 306. The fourth-order valence-electron chi connectivity index (χ4n) is 1.88. The van der Waals surface area contributed by atoms with Crippen molar-refractivity contribution in [2.75, 3.05) is 13.1 Å². The number of nitrogens with zero attached hydrogens (tertiary/aromatic N) is 1. The van der Waals surface area contributed by atoms with Crippen LogP contribution in [-0.4, -0.2) is 23.9 Å². The van der Waals surface area contributed by atoms with Crippen molar-refractivity contribution >= 4 is 12.4 Å². The Labute approximate surface area is 101 Å². The van der Waals surface area contributed by atoms with E-state index in [2.05, 4.69) is 4.90 Å². The topological polar surface area (TPSA) is 3.24 Å². The molecule has 1 aromatic rings. The van der Waals surface area contributed by atoms with Crippen LogP contribution < -0.4 is 0 Å². The van der Waals surface area contributed by atoms with Gasteiger partial charge in [0.25, 0.3) is 5.92 Å². The number of rotatable bonds is 2. The third-order valence-corrected chi connectivity index (χ3v) is 2.84. The van der Waals surface area contributed by atoms with Crippen LogP contribution in [-0.2, 0) is 6.54 Å². The number of hydrogen-bond acceptors (Lipinski definition) is 1. The zero-order chi connectivity index (χ0) is 10.7. The average Bonchev–Trinajstić information content (AvgIpc) is 2.23. The second kappa shape index (κ2) is 5.60. The van der Waals surface area contributed by atoms with Gasteiger partial charge in [0.2, 0.25) is 0 Å². The minimum absolute atomic E-state index is 0. The molecule has 1 nitrogen and oxygen atoms in total. The van der Waals surface area contributed by atoms with Crippen LogP contribution in [0.15, 0.2) is 30.3 Å². The molecule has 1 fully saturated rings. The molecule has 16 heavy (non-hydrogen) atoms. The number of alkyl halides is 2. The standard InChI is InChI=1S/C12H15F2N.ClH/c13-12(14)6-8-15(9-7-12)10-11-4-2-1-3-5-11;/h1-5H,6-10H2;1H. The summed E-state index contributed by atoms with van der Waals surface area (Å²) in [7, 11) is 0. The largest absolute Gasteiger partial charge is 0.299 e. The predicted molar refractivity (Wildman–Crippen MR) is 63.1 cm³/mol. The van der Waals surface area contributed by atoms with Crippen LogP contribution in [0, 0.1) is 0 Å². The maximum Gasteiger partial charge on any atom is 0.250 e. The highest BCUT2D eigenvalue weighted by Crippen LogP contribution is 2.28. The summed E-state index contributed by atoms with van der Waals surface area (Å²) in [6.45, 7) is 1.79. The van der Waals surface area contributed by atoms with Crippen molar-refractivity contribution < 1.29 is 8.78 Å². The Hall–Kier alpha value is -0.670. The van der Waals surface area contributed by atoms with Gasteiger partial charge >= 0.3 is 0 Å². The van der Waals surface area contributed by atoms with E-state index in [4.69, 9.17) is 0 Å². The van der Waals surface area contributed by atoms with Gasteiger partial charge in [0.15, 0.2) is 0 Å². The highest BCUT2D eigenvalue weighted by Gasteiger charge is 2.33. The van der Waals surface area contributed by atoms with Crippen molar-refractivity contribution in [1.82, 2.24) is 4.90 Å². The molecule has 0 amide bonds. The Balaban J connectivity index is 0.00000128. The van der Waals surface area contributed by atoms with Crippen molar-refractivity contribution in [3.05, 3.63) is 35.9 Å². The summed E-state index contributed by atoms with van der Waals surface area (Å²) in [5, 5.41) is 0. The fraction of sp³-hybridized carbons (Fsp3) is 0.500. The molecule has 0 saturated carbocycles. The lowest BCUT2D eigenvalue weighted by atomic mass is 10.1. The van der Waals surface area contributed by atoms with Gasteiger partial charge in [-0.3, -0.25) is 4.90 Å². The molecular formula is C12H16ClF2N. The van der Waals surface area contributed by atoms with Crippen molar-refractivity contribution in [3.63, 3.8) is 0 Å². The SMILES string of the molecule is Cl.FC1(F)CCN(Cc2ccccc2)CC1. The van der Waals surface area contributed by atoms with Gasteiger partial charge in [-0.1, -0.05) is 30.3 Å². The lowest BCUT2D eigenvalue weighted by Crippen LogP contribution is -2.38. The summed E-state index contributed by atoms with van der Waals surface area (Å²) in [5.41, 5.74) is 1.20. The first-order chi connectivity index (χ1) is 7.16. The van der Waals surface area contributed by atoms with Crippen molar-refractivity contribution in [2.24, 2.45) is 0 Å². The normalized spacial score (nSPS) is 20.1. The minimum atomic E-state index is -2.44. The van der Waals surface area contributed by atoms with E-state index >= 15 is 0 Å². The first-order valence-corrected chi connectivity index (χ1v) is 5.30. The Morgan fingerprint density at radius 1 is 1.06 bits per heavy atom. The van der Waals surface area contributed by atoms with E-state index in [1.807, 2.05) is 30.3 Å². The van der Waals surface area contributed by atoms with Gasteiger partial charge < -0.3 is 0 Å². The molecule has 0 atom stereocenters. The van der Waals surface area contributed by atoms with E-state index in [-0.39, 0.29) is 25.2 Å². The lowest BCUT2D eigenvalue weighted by molar-refractivity contribution is -0.0566. The third kappa shape index (κ3) is 3.72. The summed E-state index contributed by atoms with van der Waals surface area (Å²) in [4.78, 5) is 2.09. The first-order valence-electron chi connectivity index (χ1n) is 5.30. The smallest absolute Gasteiger partial charge is 0.250 e. The van der Waals surface area contributed by atoms with Crippen LogP contribution >= 0.6 is 12.4 Å². The molecule has 0 N–H and O–H groups in total. The van der Waals surface area contributed by atoms with Gasteiger partial charge in [0.05, 0.1) is 0 Å². The Kier molecular flexibility index (Phi) is 4.69. The van der Waals surface area contributed by atoms with Gasteiger partial charge in [-0.25, -0.2) is 8.78 Å². The summed E-state index contributed by atoms with van der Waals surface area (Å²) >= 11 is 0. The van der Waals surface area contributed by atoms with E-state index in [0.29, 0.717) is 13.1 Å². The number of halogens is 3. The molecule has 1 aromatic carbocycles. The second-order valence-corrected chi connectivity index (χ2v) is 4.12. The monoisotopic (exact) mass is 247 g/mol. The summed E-state index contributed by atoms with van der Waals surface area (Å²) < 4.78 is 25.8. The molecule has 0 bridgehead atoms. The first kappa shape index (κ1) is 13.4. The molecule has 2 rings (SSSR count). The van der Waals surface area contributed by atoms with Gasteiger partial charge in [-0.05, 0) is 5.56 Å². The quantitative estimate of drug-likeness (QED) is 0.775. The lowest BCUT2D eigenvalue weighted by Gasteiger charge is -2.31. The predicted octanol–water partition coefficient (Wildman–Crippen LogP) is 3.34. The summed E-state index contributed by atoms with van der Waals surface area (Å²) in [5.74, 6) is -2.44. The molecule has 90 valence electrons. The zero-order valence-corrected chi connectivity index (χ0v) is 9.85. The molecule has 0 aliphatic carbocycles. The average molecular weight is 248 g/mol. The molecule has 1 aliphatic rings. The third-order valence-electron chi connectivity index (χ3n) is 2.84. The molecule has 0 spiro atoms.